The number of aromatic nitrogens is 3. The minimum Gasteiger partial charge on any atom is -0.271 e. The van der Waals surface area contributed by atoms with Gasteiger partial charge in [-0.15, -0.1) is 0 Å². The van der Waals surface area contributed by atoms with Crippen molar-refractivity contribution in [3.8, 4) is 0 Å². The molecule has 0 aliphatic heterocycles. The fourth-order valence-electron chi connectivity index (χ4n) is 2.43. The topological polar surface area (TPSA) is 68.8 Å². The zero-order valence-corrected chi connectivity index (χ0v) is 12.4. The van der Waals surface area contributed by atoms with Gasteiger partial charge in [0.2, 0.25) is 0 Å². The molecule has 3 N–H and O–H groups in total. The van der Waals surface area contributed by atoms with Crippen molar-refractivity contribution in [2.75, 3.05) is 0 Å². The lowest BCUT2D eigenvalue weighted by atomic mass is 10.00. The number of hydrogen-bond acceptors (Lipinski definition) is 4. The second-order valence-electron chi connectivity index (χ2n) is 4.95. The van der Waals surface area contributed by atoms with Crippen molar-refractivity contribution in [2.45, 2.75) is 46.2 Å². The first-order valence-electron chi connectivity index (χ1n) is 7.11. The highest BCUT2D eigenvalue weighted by Gasteiger charge is 2.16. The van der Waals surface area contributed by atoms with Gasteiger partial charge in [0.15, 0.2) is 0 Å². The molecule has 0 saturated heterocycles. The molecule has 0 saturated carbocycles. The van der Waals surface area contributed by atoms with Crippen molar-refractivity contribution in [3.05, 3.63) is 47.0 Å². The molecule has 0 spiro atoms. The molecule has 108 valence electrons. The quantitative estimate of drug-likeness (QED) is 0.623. The molecule has 1 unspecified atom stereocenters. The van der Waals surface area contributed by atoms with E-state index < -0.39 is 0 Å². The van der Waals surface area contributed by atoms with Gasteiger partial charge in [0.25, 0.3) is 0 Å². The van der Waals surface area contributed by atoms with Crippen LogP contribution in [0, 0.1) is 6.92 Å². The SMILES string of the molecule is CCc1cc(CC(NN)c2cnccc2C)n(CC)n1. The molecule has 2 heterocycles. The van der Waals surface area contributed by atoms with Crippen LogP contribution in [-0.4, -0.2) is 14.8 Å². The molecule has 5 heteroatoms. The maximum atomic E-state index is 5.74. The molecule has 5 nitrogen and oxygen atoms in total. The van der Waals surface area contributed by atoms with Crippen LogP contribution in [0.4, 0.5) is 0 Å². The molecular weight excluding hydrogens is 250 g/mol. The largest absolute Gasteiger partial charge is 0.271 e. The Hall–Kier alpha value is -1.72. The molecule has 1 atom stereocenters. The zero-order valence-electron chi connectivity index (χ0n) is 12.4. The summed E-state index contributed by atoms with van der Waals surface area (Å²) >= 11 is 0. The molecule has 2 rings (SSSR count). The Morgan fingerprint density at radius 2 is 2.20 bits per heavy atom. The monoisotopic (exact) mass is 273 g/mol. The molecule has 2 aromatic rings. The number of nitrogens with two attached hydrogens (primary N) is 1. The highest BCUT2D eigenvalue weighted by Crippen LogP contribution is 2.21. The van der Waals surface area contributed by atoms with Crippen molar-refractivity contribution in [3.63, 3.8) is 0 Å². The predicted octanol–water partition coefficient (Wildman–Crippen LogP) is 1.92. The zero-order chi connectivity index (χ0) is 14.5. The molecule has 0 amide bonds. The summed E-state index contributed by atoms with van der Waals surface area (Å²) in [5, 5.41) is 4.58. The Morgan fingerprint density at radius 3 is 2.80 bits per heavy atom. The lowest BCUT2D eigenvalue weighted by molar-refractivity contribution is 0.513. The van der Waals surface area contributed by atoms with Crippen molar-refractivity contribution >= 4 is 0 Å². The fourth-order valence-corrected chi connectivity index (χ4v) is 2.43. The summed E-state index contributed by atoms with van der Waals surface area (Å²) in [6.07, 6.45) is 5.45. The van der Waals surface area contributed by atoms with E-state index in [2.05, 4.69) is 47.0 Å². The third-order valence-corrected chi connectivity index (χ3v) is 3.65. The van der Waals surface area contributed by atoms with E-state index in [0.29, 0.717) is 0 Å². The van der Waals surface area contributed by atoms with Gasteiger partial charge in [-0.05, 0) is 43.5 Å². The number of nitrogens with zero attached hydrogens (tertiary/aromatic N) is 3. The fraction of sp³-hybridized carbons (Fsp3) is 0.467. The molecular formula is C15H23N5. The first-order chi connectivity index (χ1) is 9.69. The summed E-state index contributed by atoms with van der Waals surface area (Å²) in [7, 11) is 0. The van der Waals surface area contributed by atoms with Crippen molar-refractivity contribution in [1.82, 2.24) is 20.2 Å². The van der Waals surface area contributed by atoms with E-state index in [1.54, 1.807) is 6.20 Å². The van der Waals surface area contributed by atoms with Crippen LogP contribution in [0.15, 0.2) is 24.5 Å². The van der Waals surface area contributed by atoms with Crippen LogP contribution in [0.1, 0.15) is 42.4 Å². The summed E-state index contributed by atoms with van der Waals surface area (Å²) < 4.78 is 2.05. The van der Waals surface area contributed by atoms with Gasteiger partial charge in [-0.2, -0.15) is 5.10 Å². The highest BCUT2D eigenvalue weighted by atomic mass is 15.3. The predicted molar refractivity (Wildman–Crippen MR) is 80.0 cm³/mol. The maximum absolute atomic E-state index is 5.74. The molecule has 0 aromatic carbocycles. The minimum absolute atomic E-state index is 0.0513. The van der Waals surface area contributed by atoms with Crippen LogP contribution in [0.3, 0.4) is 0 Å². The van der Waals surface area contributed by atoms with Crippen LogP contribution in [0.25, 0.3) is 0 Å². The molecule has 0 radical (unpaired) electrons. The van der Waals surface area contributed by atoms with E-state index in [4.69, 9.17) is 5.84 Å². The molecule has 0 bridgehead atoms. The number of pyridine rings is 1. The van der Waals surface area contributed by atoms with Gasteiger partial charge < -0.3 is 0 Å². The average Bonchev–Trinajstić information content (AvgIpc) is 2.88. The molecule has 2 aromatic heterocycles. The summed E-state index contributed by atoms with van der Waals surface area (Å²) in [4.78, 5) is 4.20. The summed E-state index contributed by atoms with van der Waals surface area (Å²) in [5.74, 6) is 5.74. The van der Waals surface area contributed by atoms with Crippen molar-refractivity contribution in [2.24, 2.45) is 5.84 Å². The van der Waals surface area contributed by atoms with Gasteiger partial charge >= 0.3 is 0 Å². The van der Waals surface area contributed by atoms with Crippen LogP contribution < -0.4 is 11.3 Å². The molecule has 0 aliphatic rings. The van der Waals surface area contributed by atoms with Gasteiger partial charge in [-0.1, -0.05) is 6.92 Å². The second-order valence-corrected chi connectivity index (χ2v) is 4.95. The summed E-state index contributed by atoms with van der Waals surface area (Å²) in [5.41, 5.74) is 7.57. The van der Waals surface area contributed by atoms with Gasteiger partial charge in [0.05, 0.1) is 11.7 Å². The van der Waals surface area contributed by atoms with E-state index >= 15 is 0 Å². The van der Waals surface area contributed by atoms with Crippen molar-refractivity contribution in [1.29, 1.82) is 0 Å². The summed E-state index contributed by atoms with van der Waals surface area (Å²) in [6, 6.07) is 4.23. The van der Waals surface area contributed by atoms with Gasteiger partial charge in [0.1, 0.15) is 0 Å². The number of nitrogens with one attached hydrogen (secondary N) is 1. The number of hydrogen-bond donors (Lipinski definition) is 2. The second kappa shape index (κ2) is 6.63. The van der Waals surface area contributed by atoms with Crippen molar-refractivity contribution < 1.29 is 0 Å². The maximum Gasteiger partial charge on any atom is 0.0624 e. The molecule has 20 heavy (non-hydrogen) atoms. The standard InChI is InChI=1S/C15H23N5/c1-4-12-8-13(20(5-2)19-12)9-15(18-16)14-10-17-7-6-11(14)3/h6-8,10,15,18H,4-5,9,16H2,1-3H3. The van der Waals surface area contributed by atoms with E-state index in [1.165, 1.54) is 11.3 Å². The normalized spacial score (nSPS) is 12.6. The number of rotatable bonds is 6. The van der Waals surface area contributed by atoms with Crippen LogP contribution in [0.2, 0.25) is 0 Å². The van der Waals surface area contributed by atoms with Crippen LogP contribution in [0.5, 0.6) is 0 Å². The third kappa shape index (κ3) is 3.05. The van der Waals surface area contributed by atoms with Gasteiger partial charge in [-0.3, -0.25) is 20.9 Å². The number of aryl methyl sites for hydroxylation is 3. The third-order valence-electron chi connectivity index (χ3n) is 3.65. The van der Waals surface area contributed by atoms with Gasteiger partial charge in [0, 0.05) is 31.1 Å². The molecule has 0 fully saturated rings. The van der Waals surface area contributed by atoms with Crippen LogP contribution >= 0.6 is 0 Å². The average molecular weight is 273 g/mol. The highest BCUT2D eigenvalue weighted by molar-refractivity contribution is 5.26. The Morgan fingerprint density at radius 1 is 1.40 bits per heavy atom. The smallest absolute Gasteiger partial charge is 0.0624 e. The lowest BCUT2D eigenvalue weighted by Crippen LogP contribution is -2.30. The number of hydrazine groups is 1. The Bertz CT molecular complexity index is 561. The van der Waals surface area contributed by atoms with Crippen LogP contribution in [-0.2, 0) is 19.4 Å². The Kier molecular flexibility index (Phi) is 4.87. The Balaban J connectivity index is 2.26. The summed E-state index contributed by atoms with van der Waals surface area (Å²) in [6.45, 7) is 7.18. The van der Waals surface area contributed by atoms with E-state index in [0.717, 1.165) is 30.6 Å². The lowest BCUT2D eigenvalue weighted by Gasteiger charge is -2.18. The van der Waals surface area contributed by atoms with Gasteiger partial charge in [-0.25, -0.2) is 0 Å². The first kappa shape index (κ1) is 14.7. The minimum atomic E-state index is 0.0513. The molecule has 0 aliphatic carbocycles. The van der Waals surface area contributed by atoms with E-state index in [-0.39, 0.29) is 6.04 Å². The van der Waals surface area contributed by atoms with E-state index in [9.17, 15) is 0 Å². The first-order valence-corrected chi connectivity index (χ1v) is 7.11. The Labute approximate surface area is 120 Å². The van der Waals surface area contributed by atoms with E-state index in [1.807, 2.05) is 12.3 Å².